The zero-order chi connectivity index (χ0) is 18.8. The summed E-state index contributed by atoms with van der Waals surface area (Å²) in [6.07, 6.45) is 3.23. The predicted molar refractivity (Wildman–Crippen MR) is 106 cm³/mol. The second-order valence-electron chi connectivity index (χ2n) is 7.52. The zero-order valence-corrected chi connectivity index (χ0v) is 16.1. The first-order valence-corrected chi connectivity index (χ1v) is 9.37. The second kappa shape index (κ2) is 7.43. The van der Waals surface area contributed by atoms with Crippen LogP contribution in [0.3, 0.4) is 0 Å². The summed E-state index contributed by atoms with van der Waals surface area (Å²) in [5.41, 5.74) is 3.37. The van der Waals surface area contributed by atoms with Gasteiger partial charge in [0.25, 0.3) is 0 Å². The Hall–Kier alpha value is -2.44. The number of hydrogen-bond acceptors (Lipinski definition) is 3. The molecule has 3 rings (SSSR count). The molecule has 0 aliphatic carbocycles. The third kappa shape index (κ3) is 3.57. The van der Waals surface area contributed by atoms with Crippen molar-refractivity contribution in [3.63, 3.8) is 0 Å². The molecule has 2 heterocycles. The lowest BCUT2D eigenvalue weighted by molar-refractivity contribution is 0.251. The van der Waals surface area contributed by atoms with Crippen molar-refractivity contribution < 1.29 is 4.79 Å². The van der Waals surface area contributed by atoms with Gasteiger partial charge in [-0.2, -0.15) is 0 Å². The van der Waals surface area contributed by atoms with E-state index in [0.29, 0.717) is 12.5 Å². The quantitative estimate of drug-likeness (QED) is 0.862. The number of imidazole rings is 1. The van der Waals surface area contributed by atoms with Crippen LogP contribution in [0.1, 0.15) is 33.1 Å². The molecule has 1 aliphatic rings. The molecule has 2 amide bonds. The average Bonchev–Trinajstić information content (AvgIpc) is 3.19. The molecular weight excluding hydrogens is 330 g/mol. The number of rotatable bonds is 5. The highest BCUT2D eigenvalue weighted by atomic mass is 16.2. The summed E-state index contributed by atoms with van der Waals surface area (Å²) in [6.45, 7) is 6.85. The van der Waals surface area contributed by atoms with Crippen LogP contribution in [0.5, 0.6) is 0 Å². The number of amides is 2. The monoisotopic (exact) mass is 359 g/mol. The average molecular weight is 359 g/mol. The summed E-state index contributed by atoms with van der Waals surface area (Å²) >= 11 is 0. The second-order valence-corrected chi connectivity index (χ2v) is 7.52. The van der Waals surface area contributed by atoms with E-state index >= 15 is 0 Å². The molecule has 2 N–H and O–H groups in total. The summed E-state index contributed by atoms with van der Waals surface area (Å²) in [5.74, 6) is 0.547. The highest BCUT2D eigenvalue weighted by molar-refractivity contribution is 5.98. The molecule has 1 aromatic carbocycles. The van der Waals surface area contributed by atoms with Crippen molar-refractivity contribution in [3.05, 3.63) is 22.6 Å². The van der Waals surface area contributed by atoms with Crippen LogP contribution in [-0.4, -0.2) is 34.8 Å². The van der Waals surface area contributed by atoms with Gasteiger partial charge in [0.15, 0.2) is 0 Å². The van der Waals surface area contributed by atoms with Crippen molar-refractivity contribution in [2.24, 2.45) is 20.0 Å². The van der Waals surface area contributed by atoms with Crippen molar-refractivity contribution in [1.29, 1.82) is 0 Å². The first-order valence-electron chi connectivity index (χ1n) is 9.37. The lowest BCUT2D eigenvalue weighted by atomic mass is 10.1. The van der Waals surface area contributed by atoms with Gasteiger partial charge in [-0.1, -0.05) is 13.8 Å². The van der Waals surface area contributed by atoms with Crippen LogP contribution >= 0.6 is 0 Å². The number of carbonyl (C=O) groups is 1. The van der Waals surface area contributed by atoms with Crippen LogP contribution in [-0.2, 0) is 14.1 Å². The topological polar surface area (TPSA) is 71.3 Å². The van der Waals surface area contributed by atoms with Gasteiger partial charge in [-0.05, 0) is 37.3 Å². The number of nitrogens with zero attached hydrogens (tertiary/aromatic N) is 3. The zero-order valence-electron chi connectivity index (χ0n) is 16.1. The lowest BCUT2D eigenvalue weighted by Crippen LogP contribution is -2.31. The van der Waals surface area contributed by atoms with Crippen molar-refractivity contribution in [1.82, 2.24) is 14.5 Å². The van der Waals surface area contributed by atoms with Crippen molar-refractivity contribution in [3.8, 4) is 0 Å². The SMILES string of the molecule is CC(C)CCNC(=O)Nc1cc2c(cc1N1CCCC1)n(C)c(=O)n2C. The maximum absolute atomic E-state index is 12.3. The number of urea groups is 1. The van der Waals surface area contributed by atoms with Crippen molar-refractivity contribution >= 4 is 28.4 Å². The van der Waals surface area contributed by atoms with E-state index in [4.69, 9.17) is 0 Å². The van der Waals surface area contributed by atoms with E-state index in [0.717, 1.165) is 54.8 Å². The fraction of sp³-hybridized carbons (Fsp3) is 0.579. The third-order valence-corrected chi connectivity index (χ3v) is 5.09. The van der Waals surface area contributed by atoms with E-state index in [2.05, 4.69) is 29.4 Å². The number of carbonyl (C=O) groups excluding carboxylic acids is 1. The van der Waals surface area contributed by atoms with E-state index in [1.54, 1.807) is 23.2 Å². The maximum Gasteiger partial charge on any atom is 0.328 e. The minimum Gasteiger partial charge on any atom is -0.370 e. The Labute approximate surface area is 154 Å². The van der Waals surface area contributed by atoms with Crippen LogP contribution in [0.2, 0.25) is 0 Å². The smallest absolute Gasteiger partial charge is 0.328 e. The standard InChI is InChI=1S/C19H29N5O2/c1-13(2)7-8-20-18(25)21-14-11-16-17(23(4)19(26)22(16)3)12-15(14)24-9-5-6-10-24/h11-13H,5-10H2,1-4H3,(H2,20,21,25). The number of anilines is 2. The van der Waals surface area contributed by atoms with Gasteiger partial charge in [0.05, 0.1) is 22.4 Å². The van der Waals surface area contributed by atoms with E-state index in [9.17, 15) is 9.59 Å². The van der Waals surface area contributed by atoms with Gasteiger partial charge >= 0.3 is 11.7 Å². The summed E-state index contributed by atoms with van der Waals surface area (Å²) < 4.78 is 3.27. The van der Waals surface area contributed by atoms with Crippen LogP contribution in [0.25, 0.3) is 11.0 Å². The van der Waals surface area contributed by atoms with Crippen LogP contribution < -0.4 is 21.2 Å². The number of fused-ring (bicyclic) bond motifs is 1. The Bertz CT molecular complexity index is 859. The minimum atomic E-state index is -0.202. The Balaban J connectivity index is 1.93. The van der Waals surface area contributed by atoms with E-state index < -0.39 is 0 Å². The Morgan fingerprint density at radius 2 is 1.73 bits per heavy atom. The highest BCUT2D eigenvalue weighted by Crippen LogP contribution is 2.33. The Morgan fingerprint density at radius 1 is 1.12 bits per heavy atom. The molecule has 7 nitrogen and oxygen atoms in total. The molecular formula is C19H29N5O2. The molecule has 142 valence electrons. The van der Waals surface area contributed by atoms with Crippen molar-refractivity contribution in [2.45, 2.75) is 33.1 Å². The van der Waals surface area contributed by atoms with Crippen LogP contribution in [0, 0.1) is 5.92 Å². The van der Waals surface area contributed by atoms with Gasteiger partial charge < -0.3 is 15.5 Å². The fourth-order valence-electron chi connectivity index (χ4n) is 3.49. The lowest BCUT2D eigenvalue weighted by Gasteiger charge is -2.22. The minimum absolute atomic E-state index is 0.0640. The normalized spacial score (nSPS) is 14.4. The number of aromatic nitrogens is 2. The first kappa shape index (κ1) is 18.4. The van der Waals surface area contributed by atoms with Gasteiger partial charge in [0.1, 0.15) is 0 Å². The number of nitrogens with one attached hydrogen (secondary N) is 2. The van der Waals surface area contributed by atoms with Crippen molar-refractivity contribution in [2.75, 3.05) is 29.9 Å². The molecule has 2 aromatic rings. The summed E-state index contributed by atoms with van der Waals surface area (Å²) in [6, 6.07) is 3.73. The predicted octanol–water partition coefficient (Wildman–Crippen LogP) is 2.64. The number of benzene rings is 1. The van der Waals surface area contributed by atoms with Gasteiger partial charge in [-0.15, -0.1) is 0 Å². The number of hydrogen-bond donors (Lipinski definition) is 2. The van der Waals surface area contributed by atoms with Crippen LogP contribution in [0.15, 0.2) is 16.9 Å². The summed E-state index contributed by atoms with van der Waals surface area (Å²) in [5, 5.41) is 5.91. The third-order valence-electron chi connectivity index (χ3n) is 5.09. The molecule has 26 heavy (non-hydrogen) atoms. The van der Waals surface area contributed by atoms with E-state index in [1.807, 2.05) is 12.1 Å². The Kier molecular flexibility index (Phi) is 5.25. The number of aryl methyl sites for hydroxylation is 2. The molecule has 1 saturated heterocycles. The van der Waals surface area contributed by atoms with Gasteiger partial charge in [-0.25, -0.2) is 9.59 Å². The molecule has 0 unspecified atom stereocenters. The molecule has 0 saturated carbocycles. The molecule has 0 atom stereocenters. The molecule has 1 aromatic heterocycles. The maximum atomic E-state index is 12.3. The summed E-state index contributed by atoms with van der Waals surface area (Å²) in [7, 11) is 3.54. The molecule has 1 aliphatic heterocycles. The van der Waals surface area contributed by atoms with Gasteiger partial charge in [0, 0.05) is 33.7 Å². The fourth-order valence-corrected chi connectivity index (χ4v) is 3.49. The summed E-state index contributed by atoms with van der Waals surface area (Å²) in [4.78, 5) is 26.9. The first-order chi connectivity index (χ1) is 12.4. The van der Waals surface area contributed by atoms with E-state index in [1.165, 1.54) is 0 Å². The highest BCUT2D eigenvalue weighted by Gasteiger charge is 2.20. The molecule has 0 bridgehead atoms. The largest absolute Gasteiger partial charge is 0.370 e. The van der Waals surface area contributed by atoms with Gasteiger partial charge in [-0.3, -0.25) is 9.13 Å². The molecule has 1 fully saturated rings. The van der Waals surface area contributed by atoms with Gasteiger partial charge in [0.2, 0.25) is 0 Å². The van der Waals surface area contributed by atoms with Crippen LogP contribution in [0.4, 0.5) is 16.2 Å². The molecule has 0 spiro atoms. The molecule has 0 radical (unpaired) electrons. The van der Waals surface area contributed by atoms with E-state index in [-0.39, 0.29) is 11.7 Å². The molecule has 7 heteroatoms. The Morgan fingerprint density at radius 3 is 2.35 bits per heavy atom.